The number of sulfonamides is 1. The summed E-state index contributed by atoms with van der Waals surface area (Å²) < 4.78 is 29.5. The summed E-state index contributed by atoms with van der Waals surface area (Å²) in [6.07, 6.45) is 2.06. The molecule has 0 unspecified atom stereocenters. The molecule has 0 aliphatic carbocycles. The van der Waals surface area contributed by atoms with Gasteiger partial charge >= 0.3 is 0 Å². The third-order valence-electron chi connectivity index (χ3n) is 2.78. The number of hydrogen-bond acceptors (Lipinski definition) is 3. The molecule has 2 aromatic rings. The molecule has 8 heteroatoms. The SMILES string of the molecule is CCc1cc(Br)ccc1NS(=O)(=O)c1ncn(C)c1Cl. The number of benzene rings is 1. The van der Waals surface area contributed by atoms with E-state index in [1.165, 1.54) is 10.9 Å². The molecule has 2 rings (SSSR count). The minimum atomic E-state index is -3.80. The van der Waals surface area contributed by atoms with Crippen molar-refractivity contribution < 1.29 is 8.42 Å². The van der Waals surface area contributed by atoms with Crippen molar-refractivity contribution >= 4 is 43.2 Å². The summed E-state index contributed by atoms with van der Waals surface area (Å²) >= 11 is 9.29. The summed E-state index contributed by atoms with van der Waals surface area (Å²) in [7, 11) is -2.17. The maximum atomic E-state index is 12.3. The van der Waals surface area contributed by atoms with E-state index in [0.717, 1.165) is 10.0 Å². The summed E-state index contributed by atoms with van der Waals surface area (Å²) in [5, 5.41) is -0.0979. The molecule has 0 amide bonds. The van der Waals surface area contributed by atoms with Crippen LogP contribution in [0, 0.1) is 0 Å². The van der Waals surface area contributed by atoms with Gasteiger partial charge in [-0.25, -0.2) is 4.98 Å². The van der Waals surface area contributed by atoms with E-state index in [2.05, 4.69) is 25.6 Å². The third-order valence-corrected chi connectivity index (χ3v) is 5.13. The van der Waals surface area contributed by atoms with E-state index < -0.39 is 10.0 Å². The van der Waals surface area contributed by atoms with Crippen molar-refractivity contribution in [1.29, 1.82) is 0 Å². The van der Waals surface area contributed by atoms with E-state index >= 15 is 0 Å². The van der Waals surface area contributed by atoms with Crippen LogP contribution in [0.1, 0.15) is 12.5 Å². The van der Waals surface area contributed by atoms with Gasteiger partial charge in [0.2, 0.25) is 5.03 Å². The van der Waals surface area contributed by atoms with Crippen LogP contribution in [-0.2, 0) is 23.5 Å². The molecule has 0 spiro atoms. The molecule has 5 nitrogen and oxygen atoms in total. The van der Waals surface area contributed by atoms with Crippen LogP contribution in [0.3, 0.4) is 0 Å². The highest BCUT2D eigenvalue weighted by Crippen LogP contribution is 2.26. The molecule has 1 N–H and O–H groups in total. The average Bonchev–Trinajstić information content (AvgIpc) is 2.72. The number of aryl methyl sites for hydroxylation is 2. The molecule has 1 heterocycles. The maximum absolute atomic E-state index is 12.3. The van der Waals surface area contributed by atoms with E-state index in [1.54, 1.807) is 19.2 Å². The van der Waals surface area contributed by atoms with Gasteiger partial charge in [-0.1, -0.05) is 34.5 Å². The van der Waals surface area contributed by atoms with Crippen LogP contribution in [0.4, 0.5) is 5.69 Å². The molecule has 0 aliphatic rings. The summed E-state index contributed by atoms with van der Waals surface area (Å²) in [5.74, 6) is 0. The first-order chi connectivity index (χ1) is 9.35. The van der Waals surface area contributed by atoms with Crippen molar-refractivity contribution in [2.24, 2.45) is 7.05 Å². The maximum Gasteiger partial charge on any atom is 0.282 e. The lowest BCUT2D eigenvalue weighted by Crippen LogP contribution is -2.15. The topological polar surface area (TPSA) is 64.0 Å². The Morgan fingerprint density at radius 1 is 1.45 bits per heavy atom. The molecule has 0 radical (unpaired) electrons. The smallest absolute Gasteiger partial charge is 0.282 e. The van der Waals surface area contributed by atoms with Gasteiger partial charge in [0.05, 0.1) is 12.0 Å². The van der Waals surface area contributed by atoms with Gasteiger partial charge in [-0.15, -0.1) is 0 Å². The summed E-state index contributed by atoms with van der Waals surface area (Å²) in [4.78, 5) is 3.83. The van der Waals surface area contributed by atoms with Gasteiger partial charge in [0.25, 0.3) is 10.0 Å². The van der Waals surface area contributed by atoms with Crippen LogP contribution < -0.4 is 4.72 Å². The Kier molecular flexibility index (Phi) is 4.41. The van der Waals surface area contributed by atoms with E-state index in [1.807, 2.05) is 13.0 Å². The van der Waals surface area contributed by atoms with Crippen LogP contribution in [0.5, 0.6) is 0 Å². The van der Waals surface area contributed by atoms with Crippen molar-refractivity contribution in [3.8, 4) is 0 Å². The van der Waals surface area contributed by atoms with Crippen molar-refractivity contribution in [3.63, 3.8) is 0 Å². The highest BCUT2D eigenvalue weighted by atomic mass is 79.9. The van der Waals surface area contributed by atoms with Gasteiger partial charge in [0.15, 0.2) is 0 Å². The normalized spacial score (nSPS) is 11.6. The van der Waals surface area contributed by atoms with Crippen molar-refractivity contribution in [2.45, 2.75) is 18.4 Å². The molecule has 0 aliphatic heterocycles. The first kappa shape index (κ1) is 15.3. The van der Waals surface area contributed by atoms with Crippen molar-refractivity contribution in [3.05, 3.63) is 39.7 Å². The summed E-state index contributed by atoms with van der Waals surface area (Å²) in [6, 6.07) is 5.35. The van der Waals surface area contributed by atoms with Gasteiger partial charge in [0.1, 0.15) is 5.15 Å². The van der Waals surface area contributed by atoms with E-state index in [-0.39, 0.29) is 10.2 Å². The summed E-state index contributed by atoms with van der Waals surface area (Å²) in [6.45, 7) is 1.95. The zero-order valence-electron chi connectivity index (χ0n) is 10.9. The quantitative estimate of drug-likeness (QED) is 0.888. The number of aromatic nitrogens is 2. The predicted molar refractivity (Wildman–Crippen MR) is 82.5 cm³/mol. The molecule has 0 saturated heterocycles. The highest BCUT2D eigenvalue weighted by Gasteiger charge is 2.23. The standard InChI is InChI=1S/C12H13BrClN3O2S/c1-3-8-6-9(13)4-5-10(8)16-20(18,19)12-11(14)17(2)7-15-12/h4-7,16H,3H2,1-2H3. The first-order valence-electron chi connectivity index (χ1n) is 5.83. The van der Waals surface area contributed by atoms with Crippen LogP contribution in [0.15, 0.2) is 34.0 Å². The third kappa shape index (κ3) is 2.99. The van der Waals surface area contributed by atoms with Gasteiger partial charge in [-0.2, -0.15) is 8.42 Å². The number of anilines is 1. The van der Waals surface area contributed by atoms with Gasteiger partial charge in [-0.3, -0.25) is 4.72 Å². The van der Waals surface area contributed by atoms with Crippen molar-refractivity contribution in [1.82, 2.24) is 9.55 Å². The number of hydrogen-bond donors (Lipinski definition) is 1. The lowest BCUT2D eigenvalue weighted by Gasteiger charge is -2.11. The molecule has 0 bridgehead atoms. The summed E-state index contributed by atoms with van der Waals surface area (Å²) in [5.41, 5.74) is 1.41. The lowest BCUT2D eigenvalue weighted by molar-refractivity contribution is 0.598. The zero-order chi connectivity index (χ0) is 14.9. The van der Waals surface area contributed by atoms with Crippen molar-refractivity contribution in [2.75, 3.05) is 4.72 Å². The Morgan fingerprint density at radius 2 is 2.15 bits per heavy atom. The second kappa shape index (κ2) is 5.75. The largest absolute Gasteiger partial charge is 0.324 e. The lowest BCUT2D eigenvalue weighted by atomic mass is 10.1. The molecule has 20 heavy (non-hydrogen) atoms. The fourth-order valence-electron chi connectivity index (χ4n) is 1.72. The van der Waals surface area contributed by atoms with Gasteiger partial charge in [0, 0.05) is 11.5 Å². The Labute approximate surface area is 131 Å². The molecular weight excluding hydrogens is 366 g/mol. The van der Waals surface area contributed by atoms with E-state index in [9.17, 15) is 8.42 Å². The fourth-order valence-corrected chi connectivity index (χ4v) is 3.66. The minimum Gasteiger partial charge on any atom is -0.324 e. The second-order valence-electron chi connectivity index (χ2n) is 4.21. The fraction of sp³-hybridized carbons (Fsp3) is 0.250. The number of nitrogens with zero attached hydrogens (tertiary/aromatic N) is 2. The Morgan fingerprint density at radius 3 is 2.70 bits per heavy atom. The molecule has 1 aromatic heterocycles. The van der Waals surface area contributed by atoms with Crippen LogP contribution >= 0.6 is 27.5 Å². The number of halogens is 2. The molecule has 0 fully saturated rings. The second-order valence-corrected chi connectivity index (χ2v) is 7.08. The van der Waals surface area contributed by atoms with Crippen LogP contribution in [0.2, 0.25) is 5.15 Å². The first-order valence-corrected chi connectivity index (χ1v) is 8.48. The highest BCUT2D eigenvalue weighted by molar-refractivity contribution is 9.10. The Hall–Kier alpha value is -1.05. The Balaban J connectivity index is 2.41. The zero-order valence-corrected chi connectivity index (χ0v) is 14.1. The molecular formula is C12H13BrClN3O2S. The predicted octanol–water partition coefficient (Wildman–Crippen LogP) is 3.20. The monoisotopic (exact) mass is 377 g/mol. The molecule has 108 valence electrons. The van der Waals surface area contributed by atoms with E-state index in [0.29, 0.717) is 12.1 Å². The van der Waals surface area contributed by atoms with Gasteiger partial charge in [-0.05, 0) is 30.2 Å². The number of rotatable bonds is 4. The minimum absolute atomic E-state index is 0.0765. The molecule has 0 atom stereocenters. The molecule has 0 saturated carbocycles. The Bertz CT molecular complexity index is 743. The van der Waals surface area contributed by atoms with Crippen LogP contribution in [-0.4, -0.2) is 18.0 Å². The molecule has 1 aromatic carbocycles. The average molecular weight is 379 g/mol. The number of imidazole rings is 1. The van der Waals surface area contributed by atoms with E-state index in [4.69, 9.17) is 11.6 Å². The number of nitrogens with one attached hydrogen (secondary N) is 1. The van der Waals surface area contributed by atoms with Gasteiger partial charge < -0.3 is 4.57 Å². The van der Waals surface area contributed by atoms with Crippen LogP contribution in [0.25, 0.3) is 0 Å².